The van der Waals surface area contributed by atoms with Crippen molar-refractivity contribution in [3.05, 3.63) is 16.1 Å². The maximum Gasteiger partial charge on any atom is 0.0897 e. The Hall–Kier alpha value is -0.450. The third kappa shape index (κ3) is 3.74. The molecule has 0 fully saturated rings. The summed E-state index contributed by atoms with van der Waals surface area (Å²) < 4.78 is 0. The molecule has 1 heterocycles. The molecule has 0 radical (unpaired) electrons. The molecule has 3 nitrogen and oxygen atoms in total. The van der Waals surface area contributed by atoms with E-state index in [9.17, 15) is 0 Å². The smallest absolute Gasteiger partial charge is 0.0897 e. The van der Waals surface area contributed by atoms with Crippen LogP contribution in [0.5, 0.6) is 0 Å². The average Bonchev–Trinajstić information content (AvgIpc) is 2.51. The molecule has 0 aliphatic carbocycles. The van der Waals surface area contributed by atoms with Crippen LogP contribution >= 0.6 is 11.3 Å². The van der Waals surface area contributed by atoms with E-state index < -0.39 is 0 Å². The van der Waals surface area contributed by atoms with E-state index in [0.717, 1.165) is 18.1 Å². The van der Waals surface area contributed by atoms with Gasteiger partial charge in [-0.1, -0.05) is 0 Å². The number of thiazole rings is 1. The molecule has 0 spiro atoms. The molecule has 4 heteroatoms. The molecular formula is C10H19N3S. The summed E-state index contributed by atoms with van der Waals surface area (Å²) >= 11 is 1.75. The fourth-order valence-electron chi connectivity index (χ4n) is 1.07. The molecule has 0 aliphatic rings. The summed E-state index contributed by atoms with van der Waals surface area (Å²) in [6.07, 6.45) is 1.94. The van der Waals surface area contributed by atoms with Crippen LogP contribution in [0.4, 0.5) is 0 Å². The number of rotatable bonds is 5. The minimum absolute atomic E-state index is 0.153. The zero-order valence-corrected chi connectivity index (χ0v) is 10.2. The van der Waals surface area contributed by atoms with Crippen molar-refractivity contribution >= 4 is 11.3 Å². The molecule has 0 saturated heterocycles. The van der Waals surface area contributed by atoms with Crippen molar-refractivity contribution in [1.29, 1.82) is 0 Å². The molecule has 0 unspecified atom stereocenters. The van der Waals surface area contributed by atoms with Gasteiger partial charge in [-0.25, -0.2) is 4.98 Å². The van der Waals surface area contributed by atoms with Crippen molar-refractivity contribution in [3.63, 3.8) is 0 Å². The van der Waals surface area contributed by atoms with Crippen LogP contribution < -0.4 is 10.6 Å². The first-order valence-electron chi connectivity index (χ1n) is 4.84. The van der Waals surface area contributed by atoms with Crippen molar-refractivity contribution in [1.82, 2.24) is 15.6 Å². The van der Waals surface area contributed by atoms with Crippen molar-refractivity contribution in [2.75, 3.05) is 13.6 Å². The van der Waals surface area contributed by atoms with Crippen LogP contribution in [0.2, 0.25) is 0 Å². The molecule has 0 atom stereocenters. The fraction of sp³-hybridized carbons (Fsp3) is 0.700. The molecule has 80 valence electrons. The lowest BCUT2D eigenvalue weighted by atomic mass is 10.1. The Morgan fingerprint density at radius 3 is 2.71 bits per heavy atom. The third-order valence-corrected chi connectivity index (χ3v) is 3.12. The van der Waals surface area contributed by atoms with Gasteiger partial charge < -0.3 is 10.6 Å². The second-order valence-corrected chi connectivity index (χ2v) is 5.40. The van der Waals surface area contributed by atoms with Gasteiger partial charge in [0.1, 0.15) is 0 Å². The number of nitrogens with zero attached hydrogens (tertiary/aromatic N) is 1. The summed E-state index contributed by atoms with van der Waals surface area (Å²) in [5.41, 5.74) is 0.153. The number of likely N-dealkylation sites (N-methyl/N-ethyl adjacent to an activating group) is 1. The van der Waals surface area contributed by atoms with E-state index in [1.807, 2.05) is 20.2 Å². The highest BCUT2D eigenvalue weighted by molar-refractivity contribution is 7.11. The number of nitrogens with one attached hydrogen (secondary N) is 2. The van der Waals surface area contributed by atoms with Crippen molar-refractivity contribution in [3.8, 4) is 0 Å². The van der Waals surface area contributed by atoms with Gasteiger partial charge in [0.05, 0.1) is 5.01 Å². The Morgan fingerprint density at radius 1 is 1.50 bits per heavy atom. The second kappa shape index (κ2) is 4.87. The van der Waals surface area contributed by atoms with E-state index in [0.29, 0.717) is 0 Å². The third-order valence-electron chi connectivity index (χ3n) is 2.21. The van der Waals surface area contributed by atoms with E-state index in [1.165, 1.54) is 4.88 Å². The van der Waals surface area contributed by atoms with Gasteiger partial charge in [-0.2, -0.15) is 0 Å². The van der Waals surface area contributed by atoms with Crippen LogP contribution in [0.1, 0.15) is 23.7 Å². The molecule has 0 saturated carbocycles. The second-order valence-electron chi connectivity index (χ2n) is 4.08. The van der Waals surface area contributed by atoms with Crippen LogP contribution in [-0.2, 0) is 6.54 Å². The first-order valence-corrected chi connectivity index (χ1v) is 5.66. The van der Waals surface area contributed by atoms with Gasteiger partial charge in [-0.3, -0.25) is 0 Å². The molecule has 1 aromatic heterocycles. The Kier molecular flexibility index (Phi) is 4.04. The molecule has 0 bridgehead atoms. The van der Waals surface area contributed by atoms with Crippen molar-refractivity contribution in [2.45, 2.75) is 32.9 Å². The van der Waals surface area contributed by atoms with Crippen LogP contribution in [0.3, 0.4) is 0 Å². The first-order chi connectivity index (χ1) is 6.53. The highest BCUT2D eigenvalue weighted by Crippen LogP contribution is 2.11. The standard InChI is InChI=1S/C10H19N3S/c1-8-13-6-9(14-8)5-12-7-10(2,3)11-4/h6,11-12H,5,7H2,1-4H3. The van der Waals surface area contributed by atoms with E-state index >= 15 is 0 Å². The van der Waals surface area contributed by atoms with E-state index in [-0.39, 0.29) is 5.54 Å². The van der Waals surface area contributed by atoms with Gasteiger partial charge >= 0.3 is 0 Å². The maximum absolute atomic E-state index is 4.21. The van der Waals surface area contributed by atoms with Gasteiger partial charge in [-0.05, 0) is 27.8 Å². The lowest BCUT2D eigenvalue weighted by Crippen LogP contribution is -2.45. The van der Waals surface area contributed by atoms with Gasteiger partial charge in [-0.15, -0.1) is 11.3 Å². The Morgan fingerprint density at radius 2 is 2.21 bits per heavy atom. The lowest BCUT2D eigenvalue weighted by Gasteiger charge is -2.24. The molecule has 0 aromatic carbocycles. The van der Waals surface area contributed by atoms with E-state index in [1.54, 1.807) is 11.3 Å². The lowest BCUT2D eigenvalue weighted by molar-refractivity contribution is 0.394. The summed E-state index contributed by atoms with van der Waals surface area (Å²) in [4.78, 5) is 5.52. The molecule has 14 heavy (non-hydrogen) atoms. The Labute approximate surface area is 89.9 Å². The minimum Gasteiger partial charge on any atom is -0.314 e. The Bertz CT molecular complexity index is 281. The van der Waals surface area contributed by atoms with Gasteiger partial charge in [0.15, 0.2) is 0 Å². The zero-order chi connectivity index (χ0) is 10.6. The number of hydrogen-bond acceptors (Lipinski definition) is 4. The molecule has 2 N–H and O–H groups in total. The SMILES string of the molecule is CNC(C)(C)CNCc1cnc(C)s1. The fourth-order valence-corrected chi connectivity index (χ4v) is 1.84. The summed E-state index contributed by atoms with van der Waals surface area (Å²) in [6.45, 7) is 8.26. The monoisotopic (exact) mass is 213 g/mol. The zero-order valence-electron chi connectivity index (χ0n) is 9.35. The highest BCUT2D eigenvalue weighted by atomic mass is 32.1. The van der Waals surface area contributed by atoms with E-state index in [4.69, 9.17) is 0 Å². The van der Waals surface area contributed by atoms with Crippen molar-refractivity contribution in [2.24, 2.45) is 0 Å². The minimum atomic E-state index is 0.153. The van der Waals surface area contributed by atoms with Crippen molar-refractivity contribution < 1.29 is 0 Å². The quantitative estimate of drug-likeness (QED) is 0.779. The van der Waals surface area contributed by atoms with Crippen LogP contribution in [0.25, 0.3) is 0 Å². The summed E-state index contributed by atoms with van der Waals surface area (Å²) in [7, 11) is 1.98. The molecule has 1 rings (SSSR count). The van der Waals surface area contributed by atoms with Gasteiger partial charge in [0.25, 0.3) is 0 Å². The average molecular weight is 213 g/mol. The summed E-state index contributed by atoms with van der Waals surface area (Å²) in [5, 5.41) is 7.81. The summed E-state index contributed by atoms with van der Waals surface area (Å²) in [6, 6.07) is 0. The van der Waals surface area contributed by atoms with Crippen LogP contribution in [0.15, 0.2) is 6.20 Å². The van der Waals surface area contributed by atoms with E-state index in [2.05, 4.69) is 29.5 Å². The number of aromatic nitrogens is 1. The topological polar surface area (TPSA) is 37.0 Å². The Balaban J connectivity index is 2.28. The number of hydrogen-bond donors (Lipinski definition) is 2. The number of aryl methyl sites for hydroxylation is 1. The van der Waals surface area contributed by atoms with Crippen LogP contribution in [-0.4, -0.2) is 24.1 Å². The highest BCUT2D eigenvalue weighted by Gasteiger charge is 2.13. The normalized spacial score (nSPS) is 12.0. The predicted molar refractivity (Wildman–Crippen MR) is 61.7 cm³/mol. The van der Waals surface area contributed by atoms with Gasteiger partial charge in [0.2, 0.25) is 0 Å². The molecule has 0 amide bonds. The summed E-state index contributed by atoms with van der Waals surface area (Å²) in [5.74, 6) is 0. The van der Waals surface area contributed by atoms with Gasteiger partial charge in [0, 0.05) is 29.7 Å². The molecule has 0 aliphatic heterocycles. The molecular weight excluding hydrogens is 194 g/mol. The predicted octanol–water partition coefficient (Wildman–Crippen LogP) is 1.54. The molecule has 1 aromatic rings. The largest absolute Gasteiger partial charge is 0.314 e. The maximum atomic E-state index is 4.21. The van der Waals surface area contributed by atoms with Crippen LogP contribution in [0, 0.1) is 6.92 Å². The first kappa shape index (κ1) is 11.6.